The Kier molecular flexibility index (Phi) is 6.82. The van der Waals surface area contributed by atoms with Crippen molar-refractivity contribution in [3.63, 3.8) is 0 Å². The fraction of sp³-hybridized carbons (Fsp3) is 0.867. The number of likely N-dealkylation sites (tertiary alicyclic amines) is 1. The van der Waals surface area contributed by atoms with Gasteiger partial charge in [-0.25, -0.2) is 4.79 Å². The first-order chi connectivity index (χ1) is 9.45. The minimum absolute atomic E-state index is 0.0182. The summed E-state index contributed by atoms with van der Waals surface area (Å²) in [5.41, 5.74) is 0. The van der Waals surface area contributed by atoms with E-state index in [0.29, 0.717) is 6.04 Å². The van der Waals surface area contributed by atoms with Gasteiger partial charge in [-0.05, 0) is 31.6 Å². The predicted octanol–water partition coefficient (Wildman–Crippen LogP) is 2.85. The summed E-state index contributed by atoms with van der Waals surface area (Å²) in [4.78, 5) is 25.2. The van der Waals surface area contributed by atoms with Crippen molar-refractivity contribution >= 4 is 12.0 Å². The quantitative estimate of drug-likeness (QED) is 0.788. The van der Waals surface area contributed by atoms with Crippen molar-refractivity contribution < 1.29 is 14.7 Å². The zero-order chi connectivity index (χ0) is 15.1. The van der Waals surface area contributed by atoms with E-state index in [1.165, 1.54) is 6.42 Å². The number of carbonyl (C=O) groups is 2. The fourth-order valence-corrected chi connectivity index (χ4v) is 2.78. The van der Waals surface area contributed by atoms with E-state index >= 15 is 0 Å². The van der Waals surface area contributed by atoms with E-state index in [2.05, 4.69) is 12.2 Å². The number of rotatable bonds is 6. The van der Waals surface area contributed by atoms with Crippen LogP contribution in [0.25, 0.3) is 0 Å². The summed E-state index contributed by atoms with van der Waals surface area (Å²) >= 11 is 0. The van der Waals surface area contributed by atoms with Crippen LogP contribution in [0.4, 0.5) is 4.79 Å². The number of aliphatic carboxylic acids is 1. The molecule has 116 valence electrons. The van der Waals surface area contributed by atoms with Crippen LogP contribution in [0.2, 0.25) is 0 Å². The van der Waals surface area contributed by atoms with E-state index in [4.69, 9.17) is 5.11 Å². The molecule has 1 fully saturated rings. The summed E-state index contributed by atoms with van der Waals surface area (Å²) in [7, 11) is 0. The second-order valence-electron chi connectivity index (χ2n) is 6.03. The molecule has 1 rings (SSSR count). The van der Waals surface area contributed by atoms with E-state index in [-0.39, 0.29) is 24.4 Å². The molecule has 2 amide bonds. The smallest absolute Gasteiger partial charge is 0.317 e. The average molecular weight is 284 g/mol. The highest BCUT2D eigenvalue weighted by molar-refractivity contribution is 5.76. The van der Waals surface area contributed by atoms with Crippen molar-refractivity contribution in [2.24, 2.45) is 5.92 Å². The maximum atomic E-state index is 12.4. The second-order valence-corrected chi connectivity index (χ2v) is 6.03. The second kappa shape index (κ2) is 8.12. The number of piperidine rings is 1. The highest BCUT2D eigenvalue weighted by Gasteiger charge is 2.28. The molecule has 2 unspecified atom stereocenters. The molecular formula is C15H28N2O3. The summed E-state index contributed by atoms with van der Waals surface area (Å²) in [5.74, 6) is -0.753. The number of carboxylic acid groups (broad SMARTS) is 1. The summed E-state index contributed by atoms with van der Waals surface area (Å²) < 4.78 is 0. The Bertz CT molecular complexity index is 329. The molecule has 0 aliphatic carbocycles. The van der Waals surface area contributed by atoms with Crippen molar-refractivity contribution in [1.82, 2.24) is 10.2 Å². The van der Waals surface area contributed by atoms with E-state index < -0.39 is 5.97 Å². The van der Waals surface area contributed by atoms with E-state index in [1.54, 1.807) is 0 Å². The molecule has 0 spiro atoms. The molecule has 5 heteroatoms. The van der Waals surface area contributed by atoms with Crippen LogP contribution in [0.1, 0.15) is 59.3 Å². The topological polar surface area (TPSA) is 69.6 Å². The third kappa shape index (κ3) is 5.02. The minimum atomic E-state index is -0.868. The molecule has 0 radical (unpaired) electrons. The van der Waals surface area contributed by atoms with Gasteiger partial charge in [-0.2, -0.15) is 0 Å². The number of nitrogens with one attached hydrogen (secondary N) is 1. The van der Waals surface area contributed by atoms with Crippen LogP contribution in [0, 0.1) is 5.92 Å². The molecular weight excluding hydrogens is 256 g/mol. The minimum Gasteiger partial charge on any atom is -0.481 e. The Hall–Kier alpha value is -1.26. The van der Waals surface area contributed by atoms with Gasteiger partial charge < -0.3 is 15.3 Å². The summed E-state index contributed by atoms with van der Waals surface area (Å²) in [6.07, 6.45) is 5.36. The number of urea groups is 1. The van der Waals surface area contributed by atoms with Crippen molar-refractivity contribution in [3.8, 4) is 0 Å². The third-order valence-electron chi connectivity index (χ3n) is 4.02. The fourth-order valence-electron chi connectivity index (χ4n) is 2.78. The van der Waals surface area contributed by atoms with Crippen LogP contribution in [0.15, 0.2) is 0 Å². The summed E-state index contributed by atoms with van der Waals surface area (Å²) in [5, 5.41) is 11.8. The first-order valence-electron chi connectivity index (χ1n) is 7.74. The van der Waals surface area contributed by atoms with E-state index in [1.807, 2.05) is 18.7 Å². The number of hydrogen-bond acceptors (Lipinski definition) is 2. The van der Waals surface area contributed by atoms with Crippen LogP contribution < -0.4 is 5.32 Å². The van der Waals surface area contributed by atoms with Gasteiger partial charge in [0, 0.05) is 18.6 Å². The van der Waals surface area contributed by atoms with Crippen LogP contribution in [-0.2, 0) is 4.79 Å². The molecule has 1 aliphatic rings. The Morgan fingerprint density at radius 3 is 2.60 bits per heavy atom. The standard InChI is InChI=1S/C15H28N2O3/c1-4-7-12-8-5-6-9-17(12)15(20)16-13(11(2)3)10-14(18)19/h11-13H,4-10H2,1-3H3,(H,16,20)(H,18,19). The van der Waals surface area contributed by atoms with Crippen LogP contribution >= 0.6 is 0 Å². The lowest BCUT2D eigenvalue weighted by molar-refractivity contribution is -0.137. The largest absolute Gasteiger partial charge is 0.481 e. The average Bonchev–Trinajstić information content (AvgIpc) is 2.38. The predicted molar refractivity (Wildman–Crippen MR) is 78.7 cm³/mol. The Morgan fingerprint density at radius 1 is 1.35 bits per heavy atom. The number of amides is 2. The molecule has 2 atom stereocenters. The van der Waals surface area contributed by atoms with E-state index in [0.717, 1.165) is 32.2 Å². The zero-order valence-corrected chi connectivity index (χ0v) is 12.9. The van der Waals surface area contributed by atoms with Gasteiger partial charge in [0.15, 0.2) is 0 Å². The number of hydrogen-bond donors (Lipinski definition) is 2. The monoisotopic (exact) mass is 284 g/mol. The normalized spacial score (nSPS) is 20.8. The van der Waals surface area contributed by atoms with Crippen molar-refractivity contribution in [2.75, 3.05) is 6.54 Å². The van der Waals surface area contributed by atoms with Crippen molar-refractivity contribution in [3.05, 3.63) is 0 Å². The lowest BCUT2D eigenvalue weighted by Gasteiger charge is -2.37. The first-order valence-corrected chi connectivity index (χ1v) is 7.74. The maximum absolute atomic E-state index is 12.4. The molecule has 1 aliphatic heterocycles. The van der Waals surface area contributed by atoms with Crippen LogP contribution in [0.3, 0.4) is 0 Å². The number of carbonyl (C=O) groups excluding carboxylic acids is 1. The van der Waals surface area contributed by atoms with Gasteiger partial charge in [0.1, 0.15) is 0 Å². The SMILES string of the molecule is CCCC1CCCCN1C(=O)NC(CC(=O)O)C(C)C. The van der Waals surface area contributed by atoms with Crippen LogP contribution in [-0.4, -0.2) is 40.6 Å². The highest BCUT2D eigenvalue weighted by atomic mass is 16.4. The van der Waals surface area contributed by atoms with Gasteiger partial charge in [-0.15, -0.1) is 0 Å². The van der Waals surface area contributed by atoms with Gasteiger partial charge in [0.05, 0.1) is 6.42 Å². The van der Waals surface area contributed by atoms with Crippen LogP contribution in [0.5, 0.6) is 0 Å². The maximum Gasteiger partial charge on any atom is 0.317 e. The van der Waals surface area contributed by atoms with Gasteiger partial charge in [0.25, 0.3) is 0 Å². The van der Waals surface area contributed by atoms with E-state index in [9.17, 15) is 9.59 Å². The highest BCUT2D eigenvalue weighted by Crippen LogP contribution is 2.21. The molecule has 0 bridgehead atoms. The zero-order valence-electron chi connectivity index (χ0n) is 12.9. The number of nitrogens with zero attached hydrogens (tertiary/aromatic N) is 1. The van der Waals surface area contributed by atoms with Gasteiger partial charge >= 0.3 is 12.0 Å². The van der Waals surface area contributed by atoms with Gasteiger partial charge in [-0.3, -0.25) is 4.79 Å². The van der Waals surface area contributed by atoms with Crippen molar-refractivity contribution in [2.45, 2.75) is 71.4 Å². The Labute approximate surface area is 121 Å². The molecule has 5 nitrogen and oxygen atoms in total. The van der Waals surface area contributed by atoms with Gasteiger partial charge in [-0.1, -0.05) is 27.2 Å². The molecule has 1 heterocycles. The Morgan fingerprint density at radius 2 is 2.05 bits per heavy atom. The third-order valence-corrected chi connectivity index (χ3v) is 4.02. The molecule has 0 aromatic heterocycles. The first kappa shape index (κ1) is 16.8. The summed E-state index contributed by atoms with van der Waals surface area (Å²) in [6, 6.07) is -0.0845. The molecule has 0 aromatic carbocycles. The summed E-state index contributed by atoms with van der Waals surface area (Å²) in [6.45, 7) is 6.79. The molecule has 0 aromatic rings. The lowest BCUT2D eigenvalue weighted by atomic mass is 9.98. The van der Waals surface area contributed by atoms with Gasteiger partial charge in [0.2, 0.25) is 0 Å². The molecule has 2 N–H and O–H groups in total. The lowest BCUT2D eigenvalue weighted by Crippen LogP contribution is -2.52. The van der Waals surface area contributed by atoms with Crippen molar-refractivity contribution in [1.29, 1.82) is 0 Å². The molecule has 20 heavy (non-hydrogen) atoms. The number of carboxylic acids is 1. The molecule has 1 saturated heterocycles. The molecule has 0 saturated carbocycles. The Balaban J connectivity index is 2.63.